The van der Waals surface area contributed by atoms with Crippen molar-refractivity contribution in [1.82, 2.24) is 10.3 Å². The van der Waals surface area contributed by atoms with Crippen LogP contribution >= 0.6 is 22.9 Å². The molecule has 0 aliphatic carbocycles. The SMILES string of the molecule is O=C(C=Cc1cccc(Cl)c1)NCc1nc(C(=O)O)cs1. The van der Waals surface area contributed by atoms with Crippen LogP contribution in [0, 0.1) is 0 Å². The number of carboxylic acid groups (broad SMARTS) is 1. The number of carboxylic acids is 1. The van der Waals surface area contributed by atoms with Crippen molar-refractivity contribution in [3.63, 3.8) is 0 Å². The average Bonchev–Trinajstić information content (AvgIpc) is 2.92. The highest BCUT2D eigenvalue weighted by Gasteiger charge is 2.08. The molecule has 2 N–H and O–H groups in total. The van der Waals surface area contributed by atoms with Gasteiger partial charge in [-0.1, -0.05) is 23.7 Å². The smallest absolute Gasteiger partial charge is 0.355 e. The molecular weight excluding hydrogens is 312 g/mol. The summed E-state index contributed by atoms with van der Waals surface area (Å²) in [7, 11) is 0. The third-order valence-electron chi connectivity index (χ3n) is 2.46. The number of carbonyl (C=O) groups is 2. The molecule has 1 amide bonds. The number of rotatable bonds is 5. The van der Waals surface area contributed by atoms with Crippen LogP contribution in [0.4, 0.5) is 0 Å². The summed E-state index contributed by atoms with van der Waals surface area (Å²) in [6.45, 7) is 0.191. The quantitative estimate of drug-likeness (QED) is 0.830. The van der Waals surface area contributed by atoms with Gasteiger partial charge in [-0.3, -0.25) is 4.79 Å². The molecule has 0 saturated heterocycles. The van der Waals surface area contributed by atoms with E-state index in [0.717, 1.165) is 5.56 Å². The van der Waals surface area contributed by atoms with E-state index in [1.165, 1.54) is 22.8 Å². The molecule has 1 aromatic carbocycles. The molecule has 0 aliphatic heterocycles. The van der Waals surface area contributed by atoms with E-state index in [1.54, 1.807) is 24.3 Å². The first-order valence-electron chi connectivity index (χ1n) is 5.94. The van der Waals surface area contributed by atoms with Gasteiger partial charge in [0.2, 0.25) is 5.91 Å². The Kier molecular flexibility index (Phi) is 5.08. The number of aromatic nitrogens is 1. The lowest BCUT2D eigenvalue weighted by Gasteiger charge is -1.98. The second-order valence-corrected chi connectivity index (χ2v) is 5.42. The van der Waals surface area contributed by atoms with Crippen LogP contribution in [0.5, 0.6) is 0 Å². The first-order valence-corrected chi connectivity index (χ1v) is 7.19. The monoisotopic (exact) mass is 322 g/mol. The summed E-state index contributed by atoms with van der Waals surface area (Å²) >= 11 is 7.03. The summed E-state index contributed by atoms with van der Waals surface area (Å²) in [5, 5.41) is 13.9. The number of carbonyl (C=O) groups excluding carboxylic acids is 1. The number of nitrogens with zero attached hydrogens (tertiary/aromatic N) is 1. The molecular formula is C14H11ClN2O3S. The fraction of sp³-hybridized carbons (Fsp3) is 0.0714. The lowest BCUT2D eigenvalue weighted by Crippen LogP contribution is -2.20. The van der Waals surface area contributed by atoms with E-state index in [0.29, 0.717) is 10.0 Å². The van der Waals surface area contributed by atoms with Crippen LogP contribution in [0.15, 0.2) is 35.7 Å². The predicted octanol–water partition coefficient (Wildman–Crippen LogP) is 2.82. The van der Waals surface area contributed by atoms with E-state index >= 15 is 0 Å². The lowest BCUT2D eigenvalue weighted by atomic mass is 10.2. The minimum atomic E-state index is -1.08. The first kappa shape index (κ1) is 15.2. The zero-order chi connectivity index (χ0) is 15.2. The zero-order valence-electron chi connectivity index (χ0n) is 10.7. The van der Waals surface area contributed by atoms with Gasteiger partial charge in [-0.05, 0) is 23.8 Å². The number of aromatic carboxylic acids is 1. The van der Waals surface area contributed by atoms with Gasteiger partial charge in [0.1, 0.15) is 5.01 Å². The maximum absolute atomic E-state index is 11.6. The van der Waals surface area contributed by atoms with E-state index in [1.807, 2.05) is 6.07 Å². The molecule has 2 rings (SSSR count). The molecule has 1 heterocycles. The lowest BCUT2D eigenvalue weighted by molar-refractivity contribution is -0.116. The van der Waals surface area contributed by atoms with Crippen LogP contribution in [0.3, 0.4) is 0 Å². The molecule has 0 spiro atoms. The van der Waals surface area contributed by atoms with Crippen molar-refractivity contribution in [1.29, 1.82) is 0 Å². The van der Waals surface area contributed by atoms with Crippen molar-refractivity contribution in [2.45, 2.75) is 6.54 Å². The molecule has 7 heteroatoms. The number of nitrogens with one attached hydrogen (secondary N) is 1. The van der Waals surface area contributed by atoms with Gasteiger partial charge in [0, 0.05) is 16.5 Å². The Hall–Kier alpha value is -2.18. The summed E-state index contributed by atoms with van der Waals surface area (Å²) in [4.78, 5) is 26.2. The van der Waals surface area contributed by atoms with E-state index in [2.05, 4.69) is 10.3 Å². The van der Waals surface area contributed by atoms with Crippen LogP contribution in [0.2, 0.25) is 5.02 Å². The molecule has 0 bridgehead atoms. The molecule has 108 valence electrons. The van der Waals surface area contributed by atoms with Crippen LogP contribution < -0.4 is 5.32 Å². The van der Waals surface area contributed by atoms with Crippen LogP contribution in [0.25, 0.3) is 6.08 Å². The number of amides is 1. The van der Waals surface area contributed by atoms with Crippen LogP contribution in [-0.4, -0.2) is 22.0 Å². The minimum Gasteiger partial charge on any atom is -0.476 e. The van der Waals surface area contributed by atoms with Crippen LogP contribution in [-0.2, 0) is 11.3 Å². The van der Waals surface area contributed by atoms with Crippen LogP contribution in [0.1, 0.15) is 21.1 Å². The van der Waals surface area contributed by atoms with Gasteiger partial charge in [-0.15, -0.1) is 11.3 Å². The highest BCUT2D eigenvalue weighted by atomic mass is 35.5. The zero-order valence-corrected chi connectivity index (χ0v) is 12.3. The second-order valence-electron chi connectivity index (χ2n) is 4.04. The van der Waals surface area contributed by atoms with E-state index in [4.69, 9.17) is 16.7 Å². The van der Waals surface area contributed by atoms with E-state index < -0.39 is 5.97 Å². The van der Waals surface area contributed by atoms with Crippen molar-refractivity contribution in [3.05, 3.63) is 57.0 Å². The molecule has 0 unspecified atom stereocenters. The van der Waals surface area contributed by atoms with Crippen molar-refractivity contribution in [2.24, 2.45) is 0 Å². The largest absolute Gasteiger partial charge is 0.476 e. The Morgan fingerprint density at radius 3 is 2.90 bits per heavy atom. The van der Waals surface area contributed by atoms with Gasteiger partial charge in [0.05, 0.1) is 6.54 Å². The van der Waals surface area contributed by atoms with Gasteiger partial charge in [-0.2, -0.15) is 0 Å². The van der Waals surface area contributed by atoms with Gasteiger partial charge < -0.3 is 10.4 Å². The van der Waals surface area contributed by atoms with Gasteiger partial charge in [0.25, 0.3) is 0 Å². The van der Waals surface area contributed by atoms with Crippen molar-refractivity contribution < 1.29 is 14.7 Å². The molecule has 0 aliphatic rings. The van der Waals surface area contributed by atoms with E-state index in [-0.39, 0.29) is 18.1 Å². The normalized spacial score (nSPS) is 10.7. The standard InChI is InChI=1S/C14H11ClN2O3S/c15-10-3-1-2-9(6-10)4-5-12(18)16-7-13-17-11(8-21-13)14(19)20/h1-6,8H,7H2,(H,16,18)(H,19,20). The van der Waals surface area contributed by atoms with Gasteiger partial charge in [-0.25, -0.2) is 9.78 Å². The van der Waals surface area contributed by atoms with Crippen molar-refractivity contribution in [3.8, 4) is 0 Å². The average molecular weight is 323 g/mol. The summed E-state index contributed by atoms with van der Waals surface area (Å²) in [6, 6.07) is 7.12. The van der Waals surface area contributed by atoms with Crippen molar-refractivity contribution in [2.75, 3.05) is 0 Å². The molecule has 0 radical (unpaired) electrons. The molecule has 0 fully saturated rings. The third kappa shape index (κ3) is 4.70. The molecule has 2 aromatic rings. The molecule has 0 saturated carbocycles. The molecule has 0 atom stereocenters. The Bertz CT molecular complexity index is 697. The third-order valence-corrected chi connectivity index (χ3v) is 3.54. The number of halogens is 1. The Balaban J connectivity index is 1.88. The maximum Gasteiger partial charge on any atom is 0.355 e. The topological polar surface area (TPSA) is 79.3 Å². The highest BCUT2D eigenvalue weighted by molar-refractivity contribution is 7.09. The number of benzene rings is 1. The fourth-order valence-electron chi connectivity index (χ4n) is 1.49. The summed E-state index contributed by atoms with van der Waals surface area (Å²) < 4.78 is 0. The summed E-state index contributed by atoms with van der Waals surface area (Å²) in [6.07, 6.45) is 3.03. The van der Waals surface area contributed by atoms with Gasteiger partial charge >= 0.3 is 5.97 Å². The van der Waals surface area contributed by atoms with Crippen molar-refractivity contribution >= 4 is 40.9 Å². The molecule has 5 nitrogen and oxygen atoms in total. The number of thiazole rings is 1. The summed E-state index contributed by atoms with van der Waals surface area (Å²) in [5.41, 5.74) is 0.804. The van der Waals surface area contributed by atoms with E-state index in [9.17, 15) is 9.59 Å². The molecule has 1 aromatic heterocycles. The Morgan fingerprint density at radius 2 is 2.24 bits per heavy atom. The Labute approximate surface area is 129 Å². The fourth-order valence-corrected chi connectivity index (χ4v) is 2.40. The number of hydrogen-bond donors (Lipinski definition) is 2. The minimum absolute atomic E-state index is 0.0151. The number of hydrogen-bond acceptors (Lipinski definition) is 4. The first-order chi connectivity index (χ1) is 10.0. The maximum atomic E-state index is 11.6. The Morgan fingerprint density at radius 1 is 1.43 bits per heavy atom. The second kappa shape index (κ2) is 7.01. The highest BCUT2D eigenvalue weighted by Crippen LogP contribution is 2.12. The van der Waals surface area contributed by atoms with Gasteiger partial charge in [0.15, 0.2) is 5.69 Å². The predicted molar refractivity (Wildman–Crippen MR) is 81.4 cm³/mol. The summed E-state index contributed by atoms with van der Waals surface area (Å²) in [5.74, 6) is -1.37. The molecule has 21 heavy (non-hydrogen) atoms.